The van der Waals surface area contributed by atoms with Gasteiger partial charge in [0, 0.05) is 62.5 Å². The lowest BCUT2D eigenvalue weighted by molar-refractivity contribution is -0.152. The monoisotopic (exact) mass is 640 g/mol. The van der Waals surface area contributed by atoms with Gasteiger partial charge in [0.1, 0.15) is 5.78 Å². The van der Waals surface area contributed by atoms with E-state index in [2.05, 4.69) is 10.3 Å². The number of aliphatic imine (C=N–C) groups is 1. The summed E-state index contributed by atoms with van der Waals surface area (Å²) in [4.78, 5) is 48.2. The van der Waals surface area contributed by atoms with Crippen LogP contribution in [0.25, 0.3) is 0 Å². The molecule has 14 heteroatoms. The van der Waals surface area contributed by atoms with Crippen molar-refractivity contribution in [2.24, 2.45) is 16.8 Å². The molecule has 0 fully saturated rings. The first-order chi connectivity index (χ1) is 21.2. The van der Waals surface area contributed by atoms with Crippen LogP contribution in [0.1, 0.15) is 43.7 Å². The van der Waals surface area contributed by atoms with Crippen LogP contribution in [0.5, 0.6) is 0 Å². The molecular weight excluding hydrogens is 606 g/mol. The lowest BCUT2D eigenvalue weighted by Crippen LogP contribution is -2.53. The Labute approximate surface area is 256 Å². The summed E-state index contributed by atoms with van der Waals surface area (Å²) in [7, 11) is 1.57. The molecular formula is C31H34F6N4O4. The number of amides is 2. The van der Waals surface area contributed by atoms with Crippen molar-refractivity contribution in [2.75, 3.05) is 43.2 Å². The number of ketones is 1. The highest BCUT2D eigenvalue weighted by Crippen LogP contribution is 2.40. The third-order valence-corrected chi connectivity index (χ3v) is 7.95. The van der Waals surface area contributed by atoms with Crippen LogP contribution in [0.3, 0.4) is 0 Å². The molecule has 244 valence electrons. The number of methoxy groups -OCH3 is 1. The second-order valence-electron chi connectivity index (χ2n) is 11.0. The third kappa shape index (κ3) is 8.41. The zero-order valence-electron chi connectivity index (χ0n) is 24.8. The van der Waals surface area contributed by atoms with E-state index in [1.54, 1.807) is 49.6 Å². The smallest absolute Gasteiger partial charge is 0.383 e. The number of carbonyl (C=O) groups is 3. The second kappa shape index (κ2) is 14.0. The number of hydrogen-bond donors (Lipinski definition) is 1. The van der Waals surface area contributed by atoms with Crippen LogP contribution in [0, 0.1) is 11.8 Å². The van der Waals surface area contributed by atoms with Crippen molar-refractivity contribution >= 4 is 34.7 Å². The minimum absolute atomic E-state index is 0.190. The van der Waals surface area contributed by atoms with Gasteiger partial charge in [-0.25, -0.2) is 4.99 Å². The van der Waals surface area contributed by atoms with Gasteiger partial charge in [0.2, 0.25) is 12.1 Å². The normalized spacial score (nSPS) is 18.1. The number of nitrogens with zero attached hydrogens (tertiary/aromatic N) is 3. The molecule has 0 unspecified atom stereocenters. The highest BCUT2D eigenvalue weighted by molar-refractivity contribution is 6.22. The Kier molecular flexibility index (Phi) is 10.6. The first kappa shape index (κ1) is 33.9. The quantitative estimate of drug-likeness (QED) is 0.319. The van der Waals surface area contributed by atoms with Crippen LogP contribution in [0.2, 0.25) is 0 Å². The summed E-state index contributed by atoms with van der Waals surface area (Å²) in [6.07, 6.45) is -15.8. The number of ether oxygens (including phenoxy) is 1. The zero-order chi connectivity index (χ0) is 32.9. The van der Waals surface area contributed by atoms with Crippen LogP contribution >= 0.6 is 0 Å². The molecule has 2 aliphatic rings. The maximum absolute atomic E-state index is 14.0. The van der Waals surface area contributed by atoms with E-state index in [4.69, 9.17) is 4.74 Å². The van der Waals surface area contributed by atoms with Crippen molar-refractivity contribution in [3.63, 3.8) is 0 Å². The molecule has 45 heavy (non-hydrogen) atoms. The predicted molar refractivity (Wildman–Crippen MR) is 155 cm³/mol. The maximum atomic E-state index is 14.0. The number of rotatable bonds is 12. The molecule has 2 heterocycles. The Morgan fingerprint density at radius 2 is 1.60 bits per heavy atom. The molecule has 0 bridgehead atoms. The number of anilines is 2. The highest BCUT2D eigenvalue weighted by atomic mass is 19.4. The number of nitrogens with one attached hydrogen (secondary N) is 1. The van der Waals surface area contributed by atoms with Crippen molar-refractivity contribution in [3.8, 4) is 0 Å². The Hall–Kier alpha value is -3.94. The van der Waals surface area contributed by atoms with Crippen molar-refractivity contribution in [3.05, 3.63) is 59.7 Å². The van der Waals surface area contributed by atoms with Crippen LogP contribution in [0.4, 0.5) is 37.7 Å². The van der Waals surface area contributed by atoms with Gasteiger partial charge in [0.05, 0.1) is 23.7 Å². The number of carbonyl (C=O) groups excluding carboxylic acids is 3. The van der Waals surface area contributed by atoms with Crippen molar-refractivity contribution < 1.29 is 45.5 Å². The standard InChI is InChI=1S/C31H34F6N4O4/c1-19(42)21(11-13-30(32,33)34)22(12-14-31(35,36)37)28(43)39-27-29(44)41-16-15-40(17-18-45-2)24-10-6-9-23(26(24)41)25(38-27)20-7-4-3-5-8-20/h3-10,21-22,27H,11-18H2,1-2H3,(H,39,43)/t21-,22-,27-/m1/s1. The van der Waals surface area contributed by atoms with E-state index in [1.807, 2.05) is 11.0 Å². The number of Topliss-reactive ketones (excluding diaryl/α,β-unsaturated/α-hetero) is 1. The molecule has 8 nitrogen and oxygen atoms in total. The summed E-state index contributed by atoms with van der Waals surface area (Å²) in [6.45, 7) is 2.48. The first-order valence-corrected chi connectivity index (χ1v) is 14.5. The number of para-hydroxylation sites is 1. The first-order valence-electron chi connectivity index (χ1n) is 14.5. The molecule has 3 atom stereocenters. The van der Waals surface area contributed by atoms with Crippen molar-refractivity contribution in [2.45, 2.75) is 51.1 Å². The van der Waals surface area contributed by atoms with Gasteiger partial charge in [-0.3, -0.25) is 14.4 Å². The number of alkyl halides is 6. The highest BCUT2D eigenvalue weighted by Gasteiger charge is 2.42. The fourth-order valence-corrected chi connectivity index (χ4v) is 5.77. The third-order valence-electron chi connectivity index (χ3n) is 7.95. The van der Waals surface area contributed by atoms with E-state index in [1.165, 1.54) is 4.90 Å². The van der Waals surface area contributed by atoms with Gasteiger partial charge < -0.3 is 19.9 Å². The summed E-state index contributed by atoms with van der Waals surface area (Å²) in [6, 6.07) is 14.2. The molecule has 2 aromatic rings. The molecule has 0 radical (unpaired) electrons. The Morgan fingerprint density at radius 3 is 2.20 bits per heavy atom. The Morgan fingerprint density at radius 1 is 0.956 bits per heavy atom. The van der Waals surface area contributed by atoms with Gasteiger partial charge >= 0.3 is 12.4 Å². The molecule has 0 aliphatic carbocycles. The topological polar surface area (TPSA) is 91.3 Å². The molecule has 0 aromatic heterocycles. The molecule has 0 saturated heterocycles. The van der Waals surface area contributed by atoms with Crippen LogP contribution < -0.4 is 15.1 Å². The molecule has 2 amide bonds. The van der Waals surface area contributed by atoms with Gasteiger partial charge in [-0.1, -0.05) is 42.5 Å². The largest absolute Gasteiger partial charge is 0.389 e. The van der Waals surface area contributed by atoms with Gasteiger partial charge in [-0.05, 0) is 25.8 Å². The molecule has 2 aliphatic heterocycles. The Bertz CT molecular complexity index is 1410. The molecule has 0 saturated carbocycles. The summed E-state index contributed by atoms with van der Waals surface area (Å²) >= 11 is 0. The van der Waals surface area contributed by atoms with E-state index < -0.39 is 73.6 Å². The fourth-order valence-electron chi connectivity index (χ4n) is 5.77. The average molecular weight is 641 g/mol. The number of benzene rings is 2. The van der Waals surface area contributed by atoms with Crippen LogP contribution in [0.15, 0.2) is 53.5 Å². The average Bonchev–Trinajstić information content (AvgIpc) is 3.09. The molecule has 4 rings (SSSR count). The lowest BCUT2D eigenvalue weighted by Gasteiger charge is -2.38. The van der Waals surface area contributed by atoms with Gasteiger partial charge in [-0.2, -0.15) is 26.3 Å². The lowest BCUT2D eigenvalue weighted by atomic mass is 9.81. The second-order valence-corrected chi connectivity index (χ2v) is 11.0. The summed E-state index contributed by atoms with van der Waals surface area (Å²) in [5, 5.41) is 2.41. The van der Waals surface area contributed by atoms with E-state index in [-0.39, 0.29) is 6.54 Å². The van der Waals surface area contributed by atoms with E-state index in [0.29, 0.717) is 47.9 Å². The van der Waals surface area contributed by atoms with Gasteiger partial charge in [0.25, 0.3) is 5.91 Å². The summed E-state index contributed by atoms with van der Waals surface area (Å²) in [5.74, 6) is -6.10. The molecule has 2 aromatic carbocycles. The van der Waals surface area contributed by atoms with Crippen LogP contribution in [-0.2, 0) is 19.1 Å². The van der Waals surface area contributed by atoms with Gasteiger partial charge in [-0.15, -0.1) is 0 Å². The summed E-state index contributed by atoms with van der Waals surface area (Å²) in [5.41, 5.74) is 2.74. The SMILES string of the molecule is COCCN1CCN2C(=O)[C@@H](NC(=O)[C@H](CCC(F)(F)F)[C@H](CCC(F)(F)F)C(C)=O)N=C(c3ccccc3)c3cccc1c32. The number of hydrogen-bond acceptors (Lipinski definition) is 6. The van der Waals surface area contributed by atoms with Crippen molar-refractivity contribution in [1.29, 1.82) is 0 Å². The minimum Gasteiger partial charge on any atom is -0.383 e. The van der Waals surface area contributed by atoms with E-state index in [9.17, 15) is 40.7 Å². The Balaban J connectivity index is 1.75. The maximum Gasteiger partial charge on any atom is 0.389 e. The molecule has 1 N–H and O–H groups in total. The van der Waals surface area contributed by atoms with E-state index in [0.717, 1.165) is 6.92 Å². The van der Waals surface area contributed by atoms with Crippen molar-refractivity contribution in [1.82, 2.24) is 5.32 Å². The zero-order valence-corrected chi connectivity index (χ0v) is 24.8. The number of halogens is 6. The van der Waals surface area contributed by atoms with Gasteiger partial charge in [0.15, 0.2) is 0 Å². The predicted octanol–water partition coefficient (Wildman–Crippen LogP) is 5.29. The fraction of sp³-hybridized carbons (Fsp3) is 0.484. The van der Waals surface area contributed by atoms with E-state index >= 15 is 0 Å². The molecule has 0 spiro atoms. The minimum atomic E-state index is -4.73. The summed E-state index contributed by atoms with van der Waals surface area (Å²) < 4.78 is 84.2. The van der Waals surface area contributed by atoms with Crippen LogP contribution in [-0.4, -0.2) is 75.2 Å².